The minimum Gasteiger partial charge on any atom is -0.162 e. The summed E-state index contributed by atoms with van der Waals surface area (Å²) >= 11 is 2.15. The Balaban J connectivity index is 1.78. The third kappa shape index (κ3) is 1.58. The highest BCUT2D eigenvalue weighted by Crippen LogP contribution is 2.49. The smallest absolute Gasteiger partial charge is 0.00365 e. The highest BCUT2D eigenvalue weighted by Gasteiger charge is 2.38. The van der Waals surface area contributed by atoms with E-state index < -0.39 is 0 Å². The van der Waals surface area contributed by atoms with Crippen LogP contribution in [0.1, 0.15) is 32.6 Å². The van der Waals surface area contributed by atoms with Gasteiger partial charge in [-0.2, -0.15) is 11.8 Å². The average Bonchev–Trinajstić information content (AvgIpc) is 2.60. The number of hydrogen-bond acceptors (Lipinski definition) is 1. The molecular weight excluding hydrogens is 152 g/mol. The van der Waals surface area contributed by atoms with E-state index >= 15 is 0 Å². The lowest BCUT2D eigenvalue weighted by atomic mass is 9.90. The first-order valence-corrected chi connectivity index (χ1v) is 6.13. The second-order valence-electron chi connectivity index (χ2n) is 4.09. The van der Waals surface area contributed by atoms with E-state index in [1.54, 1.807) is 25.7 Å². The lowest BCUT2D eigenvalue weighted by Crippen LogP contribution is -2.12. The second-order valence-corrected chi connectivity index (χ2v) is 5.41. The molecule has 3 unspecified atom stereocenters. The summed E-state index contributed by atoms with van der Waals surface area (Å²) in [6, 6.07) is 0. The first kappa shape index (κ1) is 7.97. The first-order chi connectivity index (χ1) is 5.40. The Labute approximate surface area is 74.1 Å². The number of thioether (sulfide) groups is 1. The predicted molar refractivity (Wildman–Crippen MR) is 51.9 cm³/mol. The minimum absolute atomic E-state index is 1.11. The van der Waals surface area contributed by atoms with Crippen LogP contribution in [0.2, 0.25) is 0 Å². The van der Waals surface area contributed by atoms with Crippen molar-refractivity contribution < 1.29 is 0 Å². The zero-order chi connectivity index (χ0) is 7.68. The van der Waals surface area contributed by atoms with Crippen LogP contribution >= 0.6 is 11.8 Å². The van der Waals surface area contributed by atoms with Crippen LogP contribution < -0.4 is 0 Å². The molecule has 0 nitrogen and oxygen atoms in total. The molecule has 3 atom stereocenters. The fourth-order valence-electron chi connectivity index (χ4n) is 2.85. The molecule has 1 heteroatoms. The molecule has 0 radical (unpaired) electrons. The fraction of sp³-hybridized carbons (Fsp3) is 1.00. The number of rotatable bonds is 3. The Morgan fingerprint density at radius 3 is 2.73 bits per heavy atom. The molecule has 2 rings (SSSR count). The summed E-state index contributed by atoms with van der Waals surface area (Å²) in [6.45, 7) is 2.28. The standard InChI is InChI=1S/C10H18S/c1-2-11-7-10-6-8-3-4-9(10)5-8/h8-10H,2-7H2,1H3. The topological polar surface area (TPSA) is 0 Å². The quantitative estimate of drug-likeness (QED) is 0.627. The van der Waals surface area contributed by atoms with E-state index in [1.807, 2.05) is 0 Å². The van der Waals surface area contributed by atoms with Crippen LogP contribution in [0.5, 0.6) is 0 Å². The Morgan fingerprint density at radius 1 is 1.27 bits per heavy atom. The molecule has 2 saturated carbocycles. The Kier molecular flexibility index (Phi) is 2.45. The van der Waals surface area contributed by atoms with Gasteiger partial charge in [0.25, 0.3) is 0 Å². The van der Waals surface area contributed by atoms with Crippen LogP contribution in [-0.4, -0.2) is 11.5 Å². The molecule has 0 aromatic carbocycles. The molecule has 0 aromatic heterocycles. The molecule has 2 aliphatic carbocycles. The normalized spacial score (nSPS) is 41.7. The summed E-state index contributed by atoms with van der Waals surface area (Å²) in [4.78, 5) is 0. The second kappa shape index (κ2) is 3.38. The van der Waals surface area contributed by atoms with E-state index in [0.29, 0.717) is 0 Å². The van der Waals surface area contributed by atoms with E-state index in [0.717, 1.165) is 17.8 Å². The van der Waals surface area contributed by atoms with E-state index in [-0.39, 0.29) is 0 Å². The van der Waals surface area contributed by atoms with Gasteiger partial charge in [0.2, 0.25) is 0 Å². The van der Waals surface area contributed by atoms with Gasteiger partial charge in [-0.05, 0) is 48.5 Å². The van der Waals surface area contributed by atoms with Gasteiger partial charge in [-0.15, -0.1) is 0 Å². The minimum atomic E-state index is 1.11. The predicted octanol–water partition coefficient (Wildman–Crippen LogP) is 3.18. The van der Waals surface area contributed by atoms with Crippen LogP contribution in [0.3, 0.4) is 0 Å². The van der Waals surface area contributed by atoms with Crippen molar-refractivity contribution in [3.8, 4) is 0 Å². The third-order valence-electron chi connectivity index (χ3n) is 3.42. The van der Waals surface area contributed by atoms with Crippen LogP contribution in [0.4, 0.5) is 0 Å². The van der Waals surface area contributed by atoms with E-state index in [9.17, 15) is 0 Å². The van der Waals surface area contributed by atoms with Crippen molar-refractivity contribution in [1.29, 1.82) is 0 Å². The van der Waals surface area contributed by atoms with Crippen LogP contribution in [0.15, 0.2) is 0 Å². The van der Waals surface area contributed by atoms with Gasteiger partial charge in [-0.1, -0.05) is 13.3 Å². The van der Waals surface area contributed by atoms with Gasteiger partial charge in [0.05, 0.1) is 0 Å². The Morgan fingerprint density at radius 2 is 2.18 bits per heavy atom. The van der Waals surface area contributed by atoms with E-state index in [1.165, 1.54) is 11.5 Å². The van der Waals surface area contributed by atoms with Gasteiger partial charge < -0.3 is 0 Å². The SMILES string of the molecule is CCSCC1CC2CCC1C2. The van der Waals surface area contributed by atoms with Gasteiger partial charge in [-0.3, -0.25) is 0 Å². The van der Waals surface area contributed by atoms with Crippen LogP contribution in [-0.2, 0) is 0 Å². The maximum absolute atomic E-state index is 2.28. The van der Waals surface area contributed by atoms with Crippen molar-refractivity contribution >= 4 is 11.8 Å². The summed E-state index contributed by atoms with van der Waals surface area (Å²) in [7, 11) is 0. The summed E-state index contributed by atoms with van der Waals surface area (Å²) in [5.74, 6) is 6.16. The third-order valence-corrected chi connectivity index (χ3v) is 4.49. The van der Waals surface area contributed by atoms with Crippen LogP contribution in [0.25, 0.3) is 0 Å². The molecule has 2 aliphatic rings. The first-order valence-electron chi connectivity index (χ1n) is 4.98. The Hall–Kier alpha value is 0.350. The van der Waals surface area contributed by atoms with Gasteiger partial charge in [0, 0.05) is 0 Å². The molecule has 0 aliphatic heterocycles. The zero-order valence-electron chi connectivity index (χ0n) is 7.38. The Bertz CT molecular complexity index is 133. The van der Waals surface area contributed by atoms with E-state index in [4.69, 9.17) is 0 Å². The molecule has 0 saturated heterocycles. The molecule has 0 spiro atoms. The number of hydrogen-bond donors (Lipinski definition) is 0. The molecule has 2 bridgehead atoms. The van der Waals surface area contributed by atoms with Gasteiger partial charge >= 0.3 is 0 Å². The molecule has 0 amide bonds. The van der Waals surface area contributed by atoms with Gasteiger partial charge in [0.1, 0.15) is 0 Å². The monoisotopic (exact) mass is 170 g/mol. The van der Waals surface area contributed by atoms with Crippen molar-refractivity contribution in [3.63, 3.8) is 0 Å². The highest BCUT2D eigenvalue weighted by atomic mass is 32.2. The van der Waals surface area contributed by atoms with Crippen molar-refractivity contribution in [1.82, 2.24) is 0 Å². The summed E-state index contributed by atoms with van der Waals surface area (Å²) in [5, 5.41) is 0. The molecular formula is C10H18S. The lowest BCUT2D eigenvalue weighted by molar-refractivity contribution is 0.365. The van der Waals surface area contributed by atoms with Crippen molar-refractivity contribution in [2.45, 2.75) is 32.6 Å². The summed E-state index contributed by atoms with van der Waals surface area (Å²) in [5.41, 5.74) is 0. The summed E-state index contributed by atoms with van der Waals surface area (Å²) < 4.78 is 0. The molecule has 0 N–H and O–H groups in total. The zero-order valence-corrected chi connectivity index (χ0v) is 8.20. The maximum Gasteiger partial charge on any atom is -0.00365 e. The van der Waals surface area contributed by atoms with Crippen molar-refractivity contribution in [2.75, 3.05) is 11.5 Å². The largest absolute Gasteiger partial charge is 0.162 e. The van der Waals surface area contributed by atoms with Gasteiger partial charge in [-0.25, -0.2) is 0 Å². The highest BCUT2D eigenvalue weighted by molar-refractivity contribution is 7.99. The fourth-order valence-corrected chi connectivity index (χ4v) is 3.80. The van der Waals surface area contributed by atoms with Crippen LogP contribution in [0, 0.1) is 17.8 Å². The molecule has 64 valence electrons. The summed E-state index contributed by atoms with van der Waals surface area (Å²) in [6.07, 6.45) is 6.25. The van der Waals surface area contributed by atoms with E-state index in [2.05, 4.69) is 18.7 Å². The molecule has 0 aromatic rings. The molecule has 2 fully saturated rings. The maximum atomic E-state index is 2.28. The van der Waals surface area contributed by atoms with Crippen molar-refractivity contribution in [3.05, 3.63) is 0 Å². The molecule has 11 heavy (non-hydrogen) atoms. The number of fused-ring (bicyclic) bond motifs is 2. The van der Waals surface area contributed by atoms with Gasteiger partial charge in [0.15, 0.2) is 0 Å². The lowest BCUT2D eigenvalue weighted by Gasteiger charge is -2.20. The average molecular weight is 170 g/mol. The van der Waals surface area contributed by atoms with Crippen molar-refractivity contribution in [2.24, 2.45) is 17.8 Å². The molecule has 0 heterocycles.